The van der Waals surface area contributed by atoms with Crippen LogP contribution in [0, 0.1) is 0 Å². The summed E-state index contributed by atoms with van der Waals surface area (Å²) in [4.78, 5) is 26.7. The Morgan fingerprint density at radius 1 is 0.500 bits per heavy atom. The lowest BCUT2D eigenvalue weighted by Crippen LogP contribution is -2.20. The third kappa shape index (κ3) is 2.46. The van der Waals surface area contributed by atoms with Crippen molar-refractivity contribution >= 4 is 64.9 Å². The zero-order valence-corrected chi connectivity index (χ0v) is 19.8. The highest BCUT2D eigenvalue weighted by Gasteiger charge is 2.30. The summed E-state index contributed by atoms with van der Waals surface area (Å²) in [6.07, 6.45) is 0. The molecule has 0 saturated heterocycles. The average Bonchev–Trinajstić information content (AvgIpc) is 3.46. The van der Waals surface area contributed by atoms with Crippen molar-refractivity contribution in [3.8, 4) is 5.69 Å². The maximum absolute atomic E-state index is 13.3. The van der Waals surface area contributed by atoms with Gasteiger partial charge in [-0.2, -0.15) is 0 Å². The Labute approximate surface area is 209 Å². The topological polar surface area (TPSA) is 39.1 Å². The summed E-state index contributed by atoms with van der Waals surface area (Å²) in [5, 5.41) is 4.54. The van der Waals surface area contributed by atoms with Gasteiger partial charge in [-0.25, -0.2) is 0 Å². The highest BCUT2D eigenvalue weighted by molar-refractivity contribution is 7.26. The normalized spacial score (nSPS) is 13.1. The Balaban J connectivity index is 1.45. The first-order chi connectivity index (χ1) is 17.7. The molecule has 0 unspecified atom stereocenters. The molecule has 2 aromatic heterocycles. The second-order valence-corrected chi connectivity index (χ2v) is 10.3. The lowest BCUT2D eigenvalue weighted by molar-refractivity contribution is 0.0979. The van der Waals surface area contributed by atoms with Gasteiger partial charge in [0, 0.05) is 48.5 Å². The van der Waals surface area contributed by atoms with Crippen molar-refractivity contribution in [1.29, 1.82) is 0 Å². The number of fused-ring (bicyclic) bond motifs is 8. The minimum atomic E-state index is -0.0833. The van der Waals surface area contributed by atoms with Gasteiger partial charge >= 0.3 is 0 Å². The van der Waals surface area contributed by atoms with Crippen molar-refractivity contribution in [3.63, 3.8) is 0 Å². The van der Waals surface area contributed by atoms with E-state index in [4.69, 9.17) is 0 Å². The highest BCUT2D eigenvalue weighted by atomic mass is 32.1. The molecule has 0 N–H and O–H groups in total. The van der Waals surface area contributed by atoms with Gasteiger partial charge in [-0.1, -0.05) is 72.8 Å². The van der Waals surface area contributed by atoms with Crippen LogP contribution in [0.15, 0.2) is 103 Å². The van der Waals surface area contributed by atoms with Gasteiger partial charge in [-0.3, -0.25) is 9.59 Å². The standard InChI is InChI=1S/C32H17NO2S/c34-30-20-10-1-2-11-21(20)31(35)25-17-29-23(16-24(25)30)22-12-7-15-28(32(22)36-29)33-26-13-5-3-8-18(26)19-9-4-6-14-27(19)33/h1-17H. The van der Waals surface area contributed by atoms with E-state index < -0.39 is 0 Å². The maximum Gasteiger partial charge on any atom is 0.194 e. The summed E-state index contributed by atoms with van der Waals surface area (Å²) in [6, 6.07) is 34.3. The van der Waals surface area contributed by atoms with Gasteiger partial charge in [0.05, 0.1) is 21.4 Å². The van der Waals surface area contributed by atoms with Crippen molar-refractivity contribution in [2.75, 3.05) is 0 Å². The van der Waals surface area contributed by atoms with Crippen molar-refractivity contribution in [2.24, 2.45) is 0 Å². The van der Waals surface area contributed by atoms with Crippen LogP contribution in [0.1, 0.15) is 31.8 Å². The highest BCUT2D eigenvalue weighted by Crippen LogP contribution is 2.42. The molecule has 3 nitrogen and oxygen atoms in total. The number of thiophene rings is 1. The van der Waals surface area contributed by atoms with Gasteiger partial charge in [0.15, 0.2) is 11.6 Å². The Hall–Kier alpha value is -4.54. The summed E-state index contributed by atoms with van der Waals surface area (Å²) in [6.45, 7) is 0. The molecule has 0 atom stereocenters. The molecule has 168 valence electrons. The summed E-state index contributed by atoms with van der Waals surface area (Å²) in [5.41, 5.74) is 5.38. The van der Waals surface area contributed by atoms with E-state index >= 15 is 0 Å². The van der Waals surface area contributed by atoms with Crippen LogP contribution in [-0.2, 0) is 0 Å². The molecule has 5 aromatic carbocycles. The SMILES string of the molecule is O=C1c2ccccc2C(=O)c2cc3c(cc21)sc1c(-n2c4ccccc4c4ccccc42)cccc13. The number of para-hydroxylation sites is 2. The van der Waals surface area contributed by atoms with Gasteiger partial charge in [-0.05, 0) is 30.3 Å². The van der Waals surface area contributed by atoms with E-state index in [9.17, 15) is 9.59 Å². The number of hydrogen-bond acceptors (Lipinski definition) is 3. The summed E-state index contributed by atoms with van der Waals surface area (Å²) in [5.74, 6) is -0.165. The fourth-order valence-corrected chi connectivity index (χ4v) is 6.96. The molecule has 0 radical (unpaired) electrons. The van der Waals surface area contributed by atoms with E-state index in [0.29, 0.717) is 22.3 Å². The van der Waals surface area contributed by atoms with E-state index in [0.717, 1.165) is 36.9 Å². The number of hydrogen-bond donors (Lipinski definition) is 0. The molecule has 7 aromatic rings. The molecule has 0 amide bonds. The number of nitrogens with zero attached hydrogens (tertiary/aromatic N) is 1. The first-order valence-electron chi connectivity index (χ1n) is 11.9. The zero-order chi connectivity index (χ0) is 24.0. The molecule has 1 aliphatic rings. The zero-order valence-electron chi connectivity index (χ0n) is 19.0. The maximum atomic E-state index is 13.3. The molecule has 0 fully saturated rings. The van der Waals surface area contributed by atoms with Crippen molar-refractivity contribution in [3.05, 3.63) is 125 Å². The third-order valence-corrected chi connectivity index (χ3v) is 8.53. The molecule has 36 heavy (non-hydrogen) atoms. The van der Waals surface area contributed by atoms with Crippen LogP contribution in [0.2, 0.25) is 0 Å². The average molecular weight is 480 g/mol. The Bertz CT molecular complexity index is 2040. The number of benzene rings is 5. The van der Waals surface area contributed by atoms with Gasteiger partial charge in [0.2, 0.25) is 0 Å². The number of ketones is 2. The largest absolute Gasteiger partial charge is 0.308 e. The molecule has 0 spiro atoms. The van der Waals surface area contributed by atoms with Crippen molar-refractivity contribution < 1.29 is 9.59 Å². The van der Waals surface area contributed by atoms with Crippen molar-refractivity contribution in [1.82, 2.24) is 4.57 Å². The van der Waals surface area contributed by atoms with Gasteiger partial charge in [0.25, 0.3) is 0 Å². The van der Waals surface area contributed by atoms with Crippen molar-refractivity contribution in [2.45, 2.75) is 0 Å². The van der Waals surface area contributed by atoms with Crippen LogP contribution in [0.3, 0.4) is 0 Å². The minimum absolute atomic E-state index is 0.0813. The van der Waals surface area contributed by atoms with Crippen LogP contribution in [-0.4, -0.2) is 16.1 Å². The van der Waals surface area contributed by atoms with Crippen LogP contribution in [0.5, 0.6) is 0 Å². The van der Waals surface area contributed by atoms with Gasteiger partial charge in [-0.15, -0.1) is 11.3 Å². The van der Waals surface area contributed by atoms with E-state index in [1.165, 1.54) is 10.8 Å². The summed E-state index contributed by atoms with van der Waals surface area (Å²) >= 11 is 1.68. The minimum Gasteiger partial charge on any atom is -0.308 e. The Kier molecular flexibility index (Phi) is 3.84. The van der Waals surface area contributed by atoms with Gasteiger partial charge in [0.1, 0.15) is 0 Å². The third-order valence-electron chi connectivity index (χ3n) is 7.34. The smallest absolute Gasteiger partial charge is 0.194 e. The molecular weight excluding hydrogens is 462 g/mol. The Morgan fingerprint density at radius 2 is 1.06 bits per heavy atom. The number of carbonyl (C=O) groups excluding carboxylic acids is 2. The second-order valence-electron chi connectivity index (χ2n) is 9.22. The van der Waals surface area contributed by atoms with Crippen LogP contribution >= 0.6 is 11.3 Å². The number of rotatable bonds is 1. The Morgan fingerprint density at radius 3 is 1.72 bits per heavy atom. The lowest BCUT2D eigenvalue weighted by atomic mass is 9.83. The molecule has 8 rings (SSSR count). The van der Waals surface area contributed by atoms with E-state index in [1.807, 2.05) is 24.3 Å². The number of carbonyl (C=O) groups is 2. The van der Waals surface area contributed by atoms with Crippen LogP contribution < -0.4 is 0 Å². The molecular formula is C32H17NO2S. The number of aromatic nitrogens is 1. The first-order valence-corrected chi connectivity index (χ1v) is 12.7. The van der Waals surface area contributed by atoms with Crippen LogP contribution in [0.25, 0.3) is 47.7 Å². The molecule has 1 aliphatic carbocycles. The molecule has 4 heteroatoms. The van der Waals surface area contributed by atoms with E-state index in [1.54, 1.807) is 23.5 Å². The fourth-order valence-electron chi connectivity index (χ4n) is 5.73. The predicted octanol–water partition coefficient (Wildman–Crippen LogP) is 7.93. The molecule has 0 bridgehead atoms. The summed E-state index contributed by atoms with van der Waals surface area (Å²) in [7, 11) is 0. The monoisotopic (exact) mass is 479 g/mol. The van der Waals surface area contributed by atoms with Crippen LogP contribution in [0.4, 0.5) is 0 Å². The van der Waals surface area contributed by atoms with E-state index in [-0.39, 0.29) is 11.6 Å². The second kappa shape index (κ2) is 7.00. The quantitative estimate of drug-likeness (QED) is 0.240. The predicted molar refractivity (Wildman–Crippen MR) is 147 cm³/mol. The molecule has 2 heterocycles. The summed E-state index contributed by atoms with van der Waals surface area (Å²) < 4.78 is 4.48. The first kappa shape index (κ1) is 19.7. The molecule has 0 aliphatic heterocycles. The fraction of sp³-hybridized carbons (Fsp3) is 0. The lowest BCUT2D eigenvalue weighted by Gasteiger charge is -2.17. The molecule has 0 saturated carbocycles. The van der Waals surface area contributed by atoms with E-state index in [2.05, 4.69) is 71.3 Å². The van der Waals surface area contributed by atoms with Gasteiger partial charge < -0.3 is 4.57 Å².